The minimum Gasteiger partial charge on any atom is -1.00 e. The van der Waals surface area contributed by atoms with Crippen molar-refractivity contribution in [2.24, 2.45) is 0 Å². The molecule has 0 atom stereocenters. The van der Waals surface area contributed by atoms with Gasteiger partial charge in [-0.05, 0) is 0 Å². The number of benzene rings is 2. The molecule has 23 heavy (non-hydrogen) atoms. The van der Waals surface area contributed by atoms with Crippen LogP contribution in [0.4, 0.5) is 0 Å². The zero-order chi connectivity index (χ0) is 14.2. The van der Waals surface area contributed by atoms with Gasteiger partial charge in [0.1, 0.15) is 0 Å². The van der Waals surface area contributed by atoms with Crippen molar-refractivity contribution in [3.63, 3.8) is 0 Å². The third-order valence-corrected chi connectivity index (χ3v) is 4.23. The van der Waals surface area contributed by atoms with Crippen molar-refractivity contribution in [3.05, 3.63) is 66.7 Å². The third-order valence-electron chi connectivity index (χ3n) is 3.23. The van der Waals surface area contributed by atoms with E-state index in [1.165, 1.54) is 43.5 Å². The Hall–Kier alpha value is 0.610. The van der Waals surface area contributed by atoms with Crippen LogP contribution < -0.4 is 48.0 Å². The van der Waals surface area contributed by atoms with Gasteiger partial charge in [0.25, 0.3) is 0 Å². The molecule has 0 N–H and O–H groups in total. The molecule has 3 aromatic carbocycles. The van der Waals surface area contributed by atoms with Gasteiger partial charge in [0.15, 0.2) is 0 Å². The second-order valence-corrected chi connectivity index (χ2v) is 6.61. The zero-order valence-electron chi connectivity index (χ0n) is 13.5. The molecule has 0 saturated heterocycles. The zero-order valence-corrected chi connectivity index (χ0v) is 21.3. The molecular weight excluding hydrogens is 601 g/mol. The smallest absolute Gasteiger partial charge is 1.00 e. The summed E-state index contributed by atoms with van der Waals surface area (Å²) in [4.78, 5) is 0. The van der Waals surface area contributed by atoms with E-state index in [9.17, 15) is 0 Å². The minimum atomic E-state index is 0. The van der Waals surface area contributed by atoms with Crippen molar-refractivity contribution in [2.45, 2.75) is 25.9 Å². The molecule has 119 valence electrons. The van der Waals surface area contributed by atoms with Gasteiger partial charge in [-0.25, -0.2) is 0 Å². The molecule has 0 bridgehead atoms. The Labute approximate surface area is 196 Å². The van der Waals surface area contributed by atoms with E-state index >= 15 is 0 Å². The van der Waals surface area contributed by atoms with Gasteiger partial charge in [0.05, 0.1) is 0 Å². The topological polar surface area (TPSA) is 0 Å². The number of hydrogen-bond donors (Lipinski definition) is 0. The second-order valence-electron chi connectivity index (χ2n) is 4.70. The van der Waals surface area contributed by atoms with E-state index < -0.39 is 0 Å². The number of fused-ring (bicyclic) bond motifs is 1. The molecule has 3 radical (unpaired) electrons. The Balaban J connectivity index is 0. The fourth-order valence-corrected chi connectivity index (χ4v) is 2.70. The molecule has 0 aliphatic rings. The second kappa shape index (κ2) is 14.9. The monoisotopic (exact) mass is 621 g/mol. The largest absolute Gasteiger partial charge is 3.00 e. The van der Waals surface area contributed by atoms with Gasteiger partial charge >= 0.3 is 26.2 Å². The first-order chi connectivity index (χ1) is 9.85. The van der Waals surface area contributed by atoms with Crippen LogP contribution in [0.2, 0.25) is 12.1 Å². The fraction of sp³-hybridized carbons (Fsp3) is 0.211. The predicted octanol–water partition coefficient (Wildman–Crippen LogP) is -0.202. The van der Waals surface area contributed by atoms with Crippen LogP contribution in [0.1, 0.15) is 13.8 Å². The third kappa shape index (κ3) is 8.50. The maximum absolute atomic E-state index is 2.24. The summed E-state index contributed by atoms with van der Waals surface area (Å²) in [5.74, 6) is 0. The summed E-state index contributed by atoms with van der Waals surface area (Å²) in [6.07, 6.45) is 0. The molecule has 0 heterocycles. The van der Waals surface area contributed by atoms with Crippen LogP contribution >= 0.6 is 0 Å². The standard InChI is InChI=1S/C15H11.C4H10Si.2HI.Zr/c1-2-6-12(7-3-1)15-10-13-8-4-5-9-14(13)11-15;1-3-5-4-2;;;/h1-11H;3-4H2,1-2H3;2*1H;/q-1;;;;+3/p-2. The average Bonchev–Trinajstić information content (AvgIpc) is 2.94. The predicted molar refractivity (Wildman–Crippen MR) is 91.7 cm³/mol. The Morgan fingerprint density at radius 3 is 1.91 bits per heavy atom. The number of rotatable bonds is 3. The van der Waals surface area contributed by atoms with Crippen molar-refractivity contribution < 1.29 is 74.2 Å². The average molecular weight is 622 g/mol. The van der Waals surface area contributed by atoms with Crippen LogP contribution in [0.25, 0.3) is 21.9 Å². The Kier molecular flexibility index (Phi) is 16.8. The molecule has 0 fully saturated rings. The molecule has 0 amide bonds. The summed E-state index contributed by atoms with van der Waals surface area (Å²) in [6, 6.07) is 26.2. The first-order valence-electron chi connectivity index (χ1n) is 7.26. The molecule has 4 heteroatoms. The molecule has 0 nitrogen and oxygen atoms in total. The summed E-state index contributed by atoms with van der Waals surface area (Å²) in [7, 11) is 1.20. The minimum absolute atomic E-state index is 0. The van der Waals surface area contributed by atoms with Crippen LogP contribution in [-0.2, 0) is 26.2 Å². The summed E-state index contributed by atoms with van der Waals surface area (Å²) >= 11 is 0. The summed E-state index contributed by atoms with van der Waals surface area (Å²) in [5.41, 5.74) is 2.59. The van der Waals surface area contributed by atoms with Gasteiger partial charge < -0.3 is 48.0 Å². The van der Waals surface area contributed by atoms with Crippen molar-refractivity contribution in [2.75, 3.05) is 0 Å². The van der Waals surface area contributed by atoms with Crippen LogP contribution in [0.5, 0.6) is 0 Å². The SMILES string of the molecule is CC[Si]CC.[I-].[I-].[Zr+3].c1ccc(-c2cc3ccccc3[cH-]2)cc1. The van der Waals surface area contributed by atoms with Gasteiger partial charge in [-0.1, -0.05) is 80.0 Å². The van der Waals surface area contributed by atoms with Crippen LogP contribution in [0.15, 0.2) is 66.7 Å². The Morgan fingerprint density at radius 2 is 1.39 bits per heavy atom. The molecule has 3 aromatic rings. The van der Waals surface area contributed by atoms with Gasteiger partial charge in [0, 0.05) is 9.52 Å². The van der Waals surface area contributed by atoms with Crippen molar-refractivity contribution in [3.8, 4) is 11.1 Å². The van der Waals surface area contributed by atoms with E-state index in [1.807, 2.05) is 6.07 Å². The maximum atomic E-state index is 2.24. The molecule has 0 saturated carbocycles. The number of halogens is 2. The Morgan fingerprint density at radius 1 is 0.826 bits per heavy atom. The Bertz CT molecular complexity index is 603. The molecule has 3 rings (SSSR count). The maximum Gasteiger partial charge on any atom is 3.00 e. The van der Waals surface area contributed by atoms with E-state index in [2.05, 4.69) is 74.5 Å². The van der Waals surface area contributed by atoms with Crippen molar-refractivity contribution >= 4 is 20.3 Å². The van der Waals surface area contributed by atoms with E-state index in [4.69, 9.17) is 0 Å². The van der Waals surface area contributed by atoms with Crippen LogP contribution in [-0.4, -0.2) is 9.52 Å². The fourth-order valence-electron chi connectivity index (χ4n) is 2.20. The molecule has 0 aliphatic heterocycles. The summed E-state index contributed by atoms with van der Waals surface area (Å²) in [5, 5.41) is 2.63. The first-order valence-corrected chi connectivity index (χ1v) is 8.68. The van der Waals surface area contributed by atoms with Gasteiger partial charge in [-0.3, -0.25) is 0 Å². The summed E-state index contributed by atoms with van der Waals surface area (Å²) < 4.78 is 0. The molecule has 0 aliphatic carbocycles. The van der Waals surface area contributed by atoms with E-state index in [0.717, 1.165) is 0 Å². The number of hydrogen-bond acceptors (Lipinski definition) is 0. The quantitative estimate of drug-likeness (QED) is 0.216. The van der Waals surface area contributed by atoms with E-state index in [1.54, 1.807) is 0 Å². The first kappa shape index (κ1) is 25.8. The van der Waals surface area contributed by atoms with Crippen LogP contribution in [0, 0.1) is 0 Å². The van der Waals surface area contributed by atoms with E-state index in [-0.39, 0.29) is 74.2 Å². The van der Waals surface area contributed by atoms with Crippen molar-refractivity contribution in [1.82, 2.24) is 0 Å². The molecule has 0 unspecified atom stereocenters. The van der Waals surface area contributed by atoms with Gasteiger partial charge in [-0.15, -0.1) is 34.5 Å². The van der Waals surface area contributed by atoms with Crippen LogP contribution in [0.3, 0.4) is 0 Å². The van der Waals surface area contributed by atoms with E-state index in [0.29, 0.717) is 0 Å². The molecular formula is C19H21I2SiZr. The van der Waals surface area contributed by atoms with Gasteiger partial charge in [-0.2, -0.15) is 0 Å². The molecule has 0 aromatic heterocycles. The van der Waals surface area contributed by atoms with Crippen molar-refractivity contribution in [1.29, 1.82) is 0 Å². The van der Waals surface area contributed by atoms with Gasteiger partial charge in [0.2, 0.25) is 0 Å². The summed E-state index contributed by atoms with van der Waals surface area (Å²) in [6.45, 7) is 4.45. The molecule has 0 spiro atoms. The normalized spacial score (nSPS) is 8.78.